The minimum absolute atomic E-state index is 0.0687. The Bertz CT molecular complexity index is 908. The van der Waals surface area contributed by atoms with Crippen molar-refractivity contribution in [2.75, 3.05) is 6.61 Å². The van der Waals surface area contributed by atoms with Gasteiger partial charge in [-0.25, -0.2) is 0 Å². The van der Waals surface area contributed by atoms with Gasteiger partial charge in [0.2, 0.25) is 5.91 Å². The number of carbonyl (C=O) groups excluding carboxylic acids is 2. The minimum atomic E-state index is -0.728. The van der Waals surface area contributed by atoms with Crippen molar-refractivity contribution in [2.45, 2.75) is 52.2 Å². The van der Waals surface area contributed by atoms with Crippen molar-refractivity contribution in [2.24, 2.45) is 0 Å². The van der Waals surface area contributed by atoms with Gasteiger partial charge in [0.25, 0.3) is 5.91 Å². The Balaban J connectivity index is 2.32. The van der Waals surface area contributed by atoms with Crippen LogP contribution in [0.15, 0.2) is 42.5 Å². The van der Waals surface area contributed by atoms with Crippen LogP contribution in [-0.4, -0.2) is 34.9 Å². The highest BCUT2D eigenvalue weighted by atomic mass is 35.5. The third-order valence-corrected chi connectivity index (χ3v) is 5.48. The van der Waals surface area contributed by atoms with E-state index >= 15 is 0 Å². The zero-order chi connectivity index (χ0) is 23.2. The van der Waals surface area contributed by atoms with Crippen molar-refractivity contribution in [1.82, 2.24) is 10.2 Å². The van der Waals surface area contributed by atoms with Crippen LogP contribution in [0.3, 0.4) is 0 Å². The number of para-hydroxylation sites is 1. The number of hydrogen-bond acceptors (Lipinski definition) is 3. The Hall–Kier alpha value is -1.95. The van der Waals surface area contributed by atoms with Gasteiger partial charge in [-0.2, -0.15) is 0 Å². The molecule has 0 aliphatic rings. The Morgan fingerprint density at radius 2 is 1.58 bits per heavy atom. The molecule has 0 aliphatic heterocycles. The zero-order valence-corrected chi connectivity index (χ0v) is 20.3. The van der Waals surface area contributed by atoms with Gasteiger partial charge in [-0.1, -0.05) is 59.9 Å². The molecular formula is C23H27Cl3N2O3. The first-order chi connectivity index (χ1) is 14.5. The molecule has 1 atom stereocenters. The van der Waals surface area contributed by atoms with Gasteiger partial charge in [-0.15, -0.1) is 0 Å². The summed E-state index contributed by atoms with van der Waals surface area (Å²) in [5, 5.41) is 4.18. The topological polar surface area (TPSA) is 58.6 Å². The first-order valence-electron chi connectivity index (χ1n) is 9.95. The molecule has 168 valence electrons. The molecular weight excluding hydrogens is 459 g/mol. The number of ether oxygens (including phenoxy) is 1. The standard InChI is InChI=1S/C23H27Cl3N2O3/c1-5-19(22(30)27-23(2,3)4)28(13-15-16(24)10-8-11-17(15)25)21(29)14-31-20-12-7-6-9-18(20)26/h6-12,19H,5,13-14H2,1-4H3,(H,27,30)/t19-/m0/s1. The molecule has 0 spiro atoms. The summed E-state index contributed by atoms with van der Waals surface area (Å²) < 4.78 is 5.63. The number of carbonyl (C=O) groups is 2. The molecule has 2 rings (SSSR count). The molecule has 2 aromatic rings. The molecule has 0 unspecified atom stereocenters. The third kappa shape index (κ3) is 7.30. The largest absolute Gasteiger partial charge is 0.482 e. The predicted molar refractivity (Wildman–Crippen MR) is 126 cm³/mol. The van der Waals surface area contributed by atoms with E-state index in [9.17, 15) is 9.59 Å². The van der Waals surface area contributed by atoms with E-state index in [0.29, 0.717) is 32.8 Å². The fourth-order valence-corrected chi connectivity index (χ4v) is 3.72. The smallest absolute Gasteiger partial charge is 0.261 e. The Morgan fingerprint density at radius 3 is 2.13 bits per heavy atom. The summed E-state index contributed by atoms with van der Waals surface area (Å²) in [6.07, 6.45) is 0.405. The van der Waals surface area contributed by atoms with Crippen LogP contribution in [0.2, 0.25) is 15.1 Å². The van der Waals surface area contributed by atoms with Crippen LogP contribution in [0.4, 0.5) is 0 Å². The van der Waals surface area contributed by atoms with E-state index in [1.165, 1.54) is 4.90 Å². The van der Waals surface area contributed by atoms with Crippen LogP contribution in [0, 0.1) is 0 Å². The highest BCUT2D eigenvalue weighted by Gasteiger charge is 2.31. The van der Waals surface area contributed by atoms with E-state index in [2.05, 4.69) is 5.32 Å². The van der Waals surface area contributed by atoms with Crippen LogP contribution < -0.4 is 10.1 Å². The van der Waals surface area contributed by atoms with Crippen LogP contribution in [0.5, 0.6) is 5.75 Å². The molecule has 0 aliphatic carbocycles. The van der Waals surface area contributed by atoms with Gasteiger partial charge in [0, 0.05) is 27.7 Å². The summed E-state index contributed by atoms with van der Waals surface area (Å²) in [4.78, 5) is 27.7. The quantitative estimate of drug-likeness (QED) is 0.518. The van der Waals surface area contributed by atoms with Crippen LogP contribution >= 0.6 is 34.8 Å². The lowest BCUT2D eigenvalue weighted by molar-refractivity contribution is -0.143. The molecule has 31 heavy (non-hydrogen) atoms. The molecule has 0 radical (unpaired) electrons. The summed E-state index contributed by atoms with van der Waals surface area (Å²) in [5.74, 6) is -0.253. The number of hydrogen-bond donors (Lipinski definition) is 1. The van der Waals surface area contributed by atoms with Gasteiger partial charge in [0.15, 0.2) is 6.61 Å². The lowest BCUT2D eigenvalue weighted by atomic mass is 10.1. The highest BCUT2D eigenvalue weighted by Crippen LogP contribution is 2.28. The molecule has 0 saturated heterocycles. The number of nitrogens with zero attached hydrogens (tertiary/aromatic N) is 1. The number of benzene rings is 2. The lowest BCUT2D eigenvalue weighted by Gasteiger charge is -2.33. The maximum atomic E-state index is 13.2. The van der Waals surface area contributed by atoms with E-state index in [-0.39, 0.29) is 25.0 Å². The zero-order valence-electron chi connectivity index (χ0n) is 18.0. The second-order valence-corrected chi connectivity index (χ2v) is 9.33. The third-order valence-electron chi connectivity index (χ3n) is 4.46. The van der Waals surface area contributed by atoms with Crippen LogP contribution in [0.1, 0.15) is 39.7 Å². The fraction of sp³-hybridized carbons (Fsp3) is 0.391. The summed E-state index contributed by atoms with van der Waals surface area (Å²) in [7, 11) is 0. The molecule has 2 amide bonds. The summed E-state index contributed by atoms with van der Waals surface area (Å²) in [5.41, 5.74) is 0.119. The van der Waals surface area contributed by atoms with E-state index < -0.39 is 11.6 Å². The summed E-state index contributed by atoms with van der Waals surface area (Å²) in [6, 6.07) is 11.3. The maximum Gasteiger partial charge on any atom is 0.261 e. The van der Waals surface area contributed by atoms with Crippen molar-refractivity contribution >= 4 is 46.6 Å². The first-order valence-corrected chi connectivity index (χ1v) is 11.1. The molecule has 0 aromatic heterocycles. The molecule has 2 aromatic carbocycles. The molecule has 5 nitrogen and oxygen atoms in total. The highest BCUT2D eigenvalue weighted by molar-refractivity contribution is 6.36. The molecule has 0 bridgehead atoms. The van der Waals surface area contributed by atoms with E-state index in [1.807, 2.05) is 27.7 Å². The molecule has 8 heteroatoms. The van der Waals surface area contributed by atoms with Crippen molar-refractivity contribution in [3.63, 3.8) is 0 Å². The van der Waals surface area contributed by atoms with E-state index in [0.717, 1.165) is 0 Å². The lowest BCUT2D eigenvalue weighted by Crippen LogP contribution is -2.54. The van der Waals surface area contributed by atoms with Crippen LogP contribution in [-0.2, 0) is 16.1 Å². The molecule has 0 heterocycles. The fourth-order valence-electron chi connectivity index (χ4n) is 3.01. The SMILES string of the molecule is CC[C@@H](C(=O)NC(C)(C)C)N(Cc1c(Cl)cccc1Cl)C(=O)COc1ccccc1Cl. The second kappa shape index (κ2) is 11.1. The molecule has 0 saturated carbocycles. The number of amides is 2. The van der Waals surface area contributed by atoms with Gasteiger partial charge in [-0.3, -0.25) is 9.59 Å². The van der Waals surface area contributed by atoms with Crippen LogP contribution in [0.25, 0.3) is 0 Å². The van der Waals surface area contributed by atoms with Crippen molar-refractivity contribution in [3.8, 4) is 5.75 Å². The second-order valence-electron chi connectivity index (χ2n) is 8.10. The Kier molecular flexibility index (Phi) is 9.04. The van der Waals surface area contributed by atoms with Crippen molar-refractivity contribution in [3.05, 3.63) is 63.1 Å². The van der Waals surface area contributed by atoms with Crippen molar-refractivity contribution < 1.29 is 14.3 Å². The average Bonchev–Trinajstić information content (AvgIpc) is 2.67. The molecule has 0 fully saturated rings. The van der Waals surface area contributed by atoms with Gasteiger partial charge >= 0.3 is 0 Å². The Morgan fingerprint density at radius 1 is 1.00 bits per heavy atom. The monoisotopic (exact) mass is 484 g/mol. The van der Waals surface area contributed by atoms with Gasteiger partial charge < -0.3 is 15.0 Å². The first kappa shape index (κ1) is 25.3. The van der Waals surface area contributed by atoms with Gasteiger partial charge in [0.05, 0.1) is 5.02 Å². The van der Waals surface area contributed by atoms with E-state index in [4.69, 9.17) is 39.5 Å². The number of nitrogens with one attached hydrogen (secondary N) is 1. The van der Waals surface area contributed by atoms with E-state index in [1.54, 1.807) is 42.5 Å². The summed E-state index contributed by atoms with van der Waals surface area (Å²) in [6.45, 7) is 7.28. The summed E-state index contributed by atoms with van der Waals surface area (Å²) >= 11 is 18.8. The van der Waals surface area contributed by atoms with Crippen molar-refractivity contribution in [1.29, 1.82) is 0 Å². The normalized spacial score (nSPS) is 12.2. The Labute approximate surface area is 198 Å². The van der Waals surface area contributed by atoms with Gasteiger partial charge in [-0.05, 0) is 51.5 Å². The van der Waals surface area contributed by atoms with Gasteiger partial charge in [0.1, 0.15) is 11.8 Å². The minimum Gasteiger partial charge on any atom is -0.482 e. The number of halogens is 3. The maximum absolute atomic E-state index is 13.2. The molecule has 1 N–H and O–H groups in total. The predicted octanol–water partition coefficient (Wildman–Crippen LogP) is 5.75. The average molecular weight is 486 g/mol. The number of rotatable bonds is 8.